The number of thiazole rings is 1. The van der Waals surface area contributed by atoms with E-state index in [0.29, 0.717) is 24.7 Å². The Bertz CT molecular complexity index is 865. The van der Waals surface area contributed by atoms with Gasteiger partial charge in [-0.2, -0.15) is 0 Å². The lowest BCUT2D eigenvalue weighted by Gasteiger charge is -2.31. The first-order chi connectivity index (χ1) is 12.7. The molecular weight excluding hydrogens is 348 g/mol. The second kappa shape index (κ2) is 7.33. The van der Waals surface area contributed by atoms with Gasteiger partial charge in [-0.1, -0.05) is 0 Å². The summed E-state index contributed by atoms with van der Waals surface area (Å²) in [5, 5.41) is 2.06. The van der Waals surface area contributed by atoms with Crippen molar-refractivity contribution in [2.45, 2.75) is 32.2 Å². The molecule has 3 aromatic heterocycles. The molecule has 1 fully saturated rings. The average molecular weight is 368 g/mol. The van der Waals surface area contributed by atoms with Crippen LogP contribution >= 0.6 is 11.3 Å². The second-order valence-electron chi connectivity index (χ2n) is 6.50. The van der Waals surface area contributed by atoms with E-state index in [-0.39, 0.29) is 5.91 Å². The molecule has 0 bridgehead atoms. The van der Waals surface area contributed by atoms with Crippen molar-refractivity contribution >= 4 is 17.2 Å². The van der Waals surface area contributed by atoms with E-state index in [1.165, 1.54) is 0 Å². The van der Waals surface area contributed by atoms with E-state index < -0.39 is 0 Å². The summed E-state index contributed by atoms with van der Waals surface area (Å²) in [6.45, 7) is 4.03. The maximum absolute atomic E-state index is 12.6. The van der Waals surface area contributed by atoms with Crippen LogP contribution in [0.25, 0.3) is 0 Å². The fourth-order valence-electron chi connectivity index (χ4n) is 3.31. The smallest absolute Gasteiger partial charge is 0.274 e. The molecule has 0 saturated carbocycles. The first-order valence-corrected chi connectivity index (χ1v) is 9.61. The lowest BCUT2D eigenvalue weighted by Crippen LogP contribution is -2.38. The molecule has 1 aliphatic heterocycles. The van der Waals surface area contributed by atoms with Crippen molar-refractivity contribution in [3.8, 4) is 0 Å². The largest absolute Gasteiger partial charge is 0.337 e. The van der Waals surface area contributed by atoms with Crippen LogP contribution in [0.4, 0.5) is 0 Å². The van der Waals surface area contributed by atoms with Gasteiger partial charge in [0.2, 0.25) is 0 Å². The van der Waals surface area contributed by atoms with Gasteiger partial charge in [0, 0.05) is 43.0 Å². The van der Waals surface area contributed by atoms with E-state index in [4.69, 9.17) is 0 Å². The fourth-order valence-corrected chi connectivity index (χ4v) is 3.86. The van der Waals surface area contributed by atoms with Gasteiger partial charge in [-0.15, -0.1) is 11.3 Å². The van der Waals surface area contributed by atoms with Gasteiger partial charge in [0.15, 0.2) is 0 Å². The zero-order valence-corrected chi connectivity index (χ0v) is 15.4. The van der Waals surface area contributed by atoms with Crippen LogP contribution < -0.4 is 0 Å². The Morgan fingerprint density at radius 3 is 2.73 bits per heavy atom. The molecule has 0 atom stereocenters. The Balaban J connectivity index is 1.40. The predicted molar refractivity (Wildman–Crippen MR) is 98.1 cm³/mol. The minimum atomic E-state index is -0.0400. The summed E-state index contributed by atoms with van der Waals surface area (Å²) in [5.41, 5.74) is 4.13. The van der Waals surface area contributed by atoms with Crippen molar-refractivity contribution < 1.29 is 4.79 Å². The molecule has 3 aromatic rings. The molecule has 26 heavy (non-hydrogen) atoms. The minimum absolute atomic E-state index is 0.0400. The van der Waals surface area contributed by atoms with Gasteiger partial charge in [0.1, 0.15) is 11.5 Å². The second-order valence-corrected chi connectivity index (χ2v) is 7.22. The van der Waals surface area contributed by atoms with E-state index in [1.807, 2.05) is 29.7 Å². The van der Waals surface area contributed by atoms with Crippen molar-refractivity contribution in [3.63, 3.8) is 0 Å². The quantitative estimate of drug-likeness (QED) is 0.707. The summed E-state index contributed by atoms with van der Waals surface area (Å²) < 4.78 is 2.17. The Morgan fingerprint density at radius 2 is 2.04 bits per heavy atom. The summed E-state index contributed by atoms with van der Waals surface area (Å²) in [6, 6.07) is 0. The Kier molecular flexibility index (Phi) is 4.75. The molecule has 0 aromatic carbocycles. The third-order valence-electron chi connectivity index (χ3n) is 4.71. The molecular formula is C18H20N6OS. The maximum atomic E-state index is 12.6. The topological polar surface area (TPSA) is 76.8 Å². The van der Waals surface area contributed by atoms with Gasteiger partial charge >= 0.3 is 0 Å². The highest BCUT2D eigenvalue weighted by molar-refractivity contribution is 7.07. The van der Waals surface area contributed by atoms with E-state index in [0.717, 1.165) is 36.6 Å². The summed E-state index contributed by atoms with van der Waals surface area (Å²) >= 11 is 1.61. The number of likely N-dealkylation sites (tertiary alicyclic amines) is 1. The van der Waals surface area contributed by atoms with E-state index in [2.05, 4.69) is 29.9 Å². The highest BCUT2D eigenvalue weighted by Crippen LogP contribution is 2.28. The van der Waals surface area contributed by atoms with Gasteiger partial charge in [-0.3, -0.25) is 9.78 Å². The Hall–Kier alpha value is -2.61. The molecule has 0 radical (unpaired) electrons. The number of amides is 1. The lowest BCUT2D eigenvalue weighted by molar-refractivity contribution is 0.0704. The van der Waals surface area contributed by atoms with E-state index in [9.17, 15) is 4.79 Å². The van der Waals surface area contributed by atoms with E-state index in [1.54, 1.807) is 23.7 Å². The van der Waals surface area contributed by atoms with Crippen LogP contribution in [-0.4, -0.2) is 48.4 Å². The SMILES string of the molecule is Cc1cnc(C(=O)N2CCC(c3nccn3Cc3cscn3)CC2)cn1. The van der Waals surface area contributed by atoms with E-state index >= 15 is 0 Å². The van der Waals surface area contributed by atoms with Crippen LogP contribution in [0.1, 0.15) is 46.5 Å². The van der Waals surface area contributed by atoms with Crippen LogP contribution in [0.15, 0.2) is 35.7 Å². The zero-order chi connectivity index (χ0) is 17.9. The molecule has 4 rings (SSSR count). The van der Waals surface area contributed by atoms with Crippen molar-refractivity contribution in [1.29, 1.82) is 0 Å². The molecule has 0 unspecified atom stereocenters. The van der Waals surface area contributed by atoms with Crippen LogP contribution in [0, 0.1) is 6.92 Å². The molecule has 1 aliphatic rings. The van der Waals surface area contributed by atoms with Crippen LogP contribution in [-0.2, 0) is 6.54 Å². The summed E-state index contributed by atoms with van der Waals surface area (Å²) in [6.07, 6.45) is 8.85. The first kappa shape index (κ1) is 16.8. The summed E-state index contributed by atoms with van der Waals surface area (Å²) in [4.78, 5) is 31.7. The Morgan fingerprint density at radius 1 is 1.19 bits per heavy atom. The molecule has 0 N–H and O–H groups in total. The number of aryl methyl sites for hydroxylation is 1. The monoisotopic (exact) mass is 368 g/mol. The zero-order valence-electron chi connectivity index (χ0n) is 14.6. The van der Waals surface area contributed by atoms with Crippen molar-refractivity contribution in [2.24, 2.45) is 0 Å². The number of rotatable bonds is 4. The predicted octanol–water partition coefficient (Wildman–Crippen LogP) is 2.51. The van der Waals surface area contributed by atoms with Gasteiger partial charge in [-0.05, 0) is 19.8 Å². The van der Waals surface area contributed by atoms with Crippen LogP contribution in [0.5, 0.6) is 0 Å². The molecule has 8 heteroatoms. The van der Waals surface area contributed by atoms with Crippen molar-refractivity contribution in [3.05, 3.63) is 58.6 Å². The number of piperidine rings is 1. The highest BCUT2D eigenvalue weighted by Gasteiger charge is 2.27. The maximum Gasteiger partial charge on any atom is 0.274 e. The molecule has 1 saturated heterocycles. The molecule has 0 aliphatic carbocycles. The normalized spacial score (nSPS) is 15.3. The number of aromatic nitrogens is 5. The number of hydrogen-bond donors (Lipinski definition) is 0. The number of hydrogen-bond acceptors (Lipinski definition) is 6. The first-order valence-electron chi connectivity index (χ1n) is 8.66. The van der Waals surface area contributed by atoms with Gasteiger partial charge in [-0.25, -0.2) is 15.0 Å². The summed E-state index contributed by atoms with van der Waals surface area (Å²) in [5.74, 6) is 1.40. The average Bonchev–Trinajstić information content (AvgIpc) is 3.34. The molecule has 134 valence electrons. The van der Waals surface area contributed by atoms with Gasteiger partial charge in [0.25, 0.3) is 5.91 Å². The minimum Gasteiger partial charge on any atom is -0.337 e. The molecule has 0 spiro atoms. The number of carbonyl (C=O) groups excluding carboxylic acids is 1. The Labute approximate surface area is 155 Å². The number of nitrogens with zero attached hydrogens (tertiary/aromatic N) is 6. The van der Waals surface area contributed by atoms with Gasteiger partial charge < -0.3 is 9.47 Å². The molecule has 1 amide bonds. The molecule has 7 nitrogen and oxygen atoms in total. The lowest BCUT2D eigenvalue weighted by atomic mass is 9.95. The number of imidazole rings is 1. The van der Waals surface area contributed by atoms with Crippen molar-refractivity contribution in [1.82, 2.24) is 29.4 Å². The van der Waals surface area contributed by atoms with Gasteiger partial charge in [0.05, 0.1) is 29.6 Å². The van der Waals surface area contributed by atoms with Crippen LogP contribution in [0.3, 0.4) is 0 Å². The standard InChI is InChI=1S/C18H20N6OS/c1-13-8-21-16(9-20-13)18(25)23-5-2-14(3-6-23)17-19-4-7-24(17)10-15-11-26-12-22-15/h4,7-9,11-12,14H,2-3,5-6,10H2,1H3. The third kappa shape index (κ3) is 3.50. The van der Waals surface area contributed by atoms with Crippen molar-refractivity contribution in [2.75, 3.05) is 13.1 Å². The fraction of sp³-hybridized carbons (Fsp3) is 0.389. The summed E-state index contributed by atoms with van der Waals surface area (Å²) in [7, 11) is 0. The third-order valence-corrected chi connectivity index (χ3v) is 5.35. The number of carbonyl (C=O) groups is 1. The highest BCUT2D eigenvalue weighted by atomic mass is 32.1. The van der Waals surface area contributed by atoms with Crippen LogP contribution in [0.2, 0.25) is 0 Å². The molecule has 4 heterocycles.